The van der Waals surface area contributed by atoms with E-state index in [1.807, 2.05) is 60.7 Å². The third-order valence-electron chi connectivity index (χ3n) is 6.37. The third-order valence-corrected chi connectivity index (χ3v) is 6.37. The molecule has 3 aromatic carbocycles. The number of fused-ring (bicyclic) bond motifs is 1. The average Bonchev–Trinajstić information content (AvgIpc) is 2.96. The van der Waals surface area contributed by atoms with Crippen molar-refractivity contribution < 1.29 is 9.53 Å². The lowest BCUT2D eigenvalue weighted by molar-refractivity contribution is -0.117. The highest BCUT2D eigenvalue weighted by Gasteiger charge is 2.35. The second-order valence-corrected chi connectivity index (χ2v) is 9.45. The van der Waals surface area contributed by atoms with E-state index in [9.17, 15) is 4.79 Å². The molecule has 168 valence electrons. The molecular weight excluding hydrogens is 408 g/mol. The number of rotatable bonds is 5. The zero-order chi connectivity index (χ0) is 22.8. The van der Waals surface area contributed by atoms with E-state index in [4.69, 9.17) is 4.74 Å². The Morgan fingerprint density at radius 1 is 0.879 bits per heavy atom. The van der Waals surface area contributed by atoms with Gasteiger partial charge in [-0.1, -0.05) is 56.3 Å². The monoisotopic (exact) mass is 438 g/mol. The van der Waals surface area contributed by atoms with Crippen LogP contribution < -0.4 is 15.4 Å². The molecule has 0 saturated heterocycles. The largest absolute Gasteiger partial charge is 0.457 e. The number of Topliss-reactive ketones (excluding diaryl/α,β-unsaturated/α-hetero) is 1. The lowest BCUT2D eigenvalue weighted by Gasteiger charge is -2.30. The van der Waals surface area contributed by atoms with Crippen LogP contribution in [0.4, 0.5) is 11.4 Å². The van der Waals surface area contributed by atoms with Crippen molar-refractivity contribution >= 4 is 17.2 Å². The number of carbonyl (C=O) groups is 1. The number of hydrogen-bond donors (Lipinski definition) is 2. The summed E-state index contributed by atoms with van der Waals surface area (Å²) in [6.07, 6.45) is 2.56. The summed E-state index contributed by atoms with van der Waals surface area (Å²) in [5.74, 6) is 2.73. The zero-order valence-corrected chi connectivity index (χ0v) is 19.2. The van der Waals surface area contributed by atoms with Crippen LogP contribution in [0.3, 0.4) is 0 Å². The molecule has 2 atom stereocenters. The van der Waals surface area contributed by atoms with Gasteiger partial charge in [0.05, 0.1) is 17.4 Å². The van der Waals surface area contributed by atoms with Gasteiger partial charge in [0.15, 0.2) is 5.78 Å². The van der Waals surface area contributed by atoms with Gasteiger partial charge in [-0.3, -0.25) is 4.79 Å². The van der Waals surface area contributed by atoms with E-state index in [0.29, 0.717) is 18.3 Å². The summed E-state index contributed by atoms with van der Waals surface area (Å²) < 4.78 is 6.09. The van der Waals surface area contributed by atoms with Crippen LogP contribution in [0.15, 0.2) is 90.1 Å². The molecule has 0 unspecified atom stereocenters. The molecule has 0 amide bonds. The molecule has 0 aromatic heterocycles. The molecule has 0 fully saturated rings. The molecule has 4 nitrogen and oxygen atoms in total. The Morgan fingerprint density at radius 3 is 2.39 bits per heavy atom. The molecule has 4 heteroatoms. The smallest absolute Gasteiger partial charge is 0.163 e. The van der Waals surface area contributed by atoms with Gasteiger partial charge in [-0.25, -0.2) is 0 Å². The minimum Gasteiger partial charge on any atom is -0.457 e. The fourth-order valence-electron chi connectivity index (χ4n) is 5.04. The third kappa shape index (κ3) is 4.65. The number of ether oxygens (including phenoxy) is 1. The van der Waals surface area contributed by atoms with Gasteiger partial charge >= 0.3 is 0 Å². The van der Waals surface area contributed by atoms with E-state index in [-0.39, 0.29) is 11.8 Å². The molecule has 1 aliphatic heterocycles. The Morgan fingerprint density at radius 2 is 1.61 bits per heavy atom. The summed E-state index contributed by atoms with van der Waals surface area (Å²) in [6.45, 7) is 4.46. The number of para-hydroxylation sites is 3. The van der Waals surface area contributed by atoms with Crippen molar-refractivity contribution in [3.8, 4) is 11.5 Å². The number of hydrogen-bond acceptors (Lipinski definition) is 4. The molecule has 2 aliphatic rings. The predicted octanol–water partition coefficient (Wildman–Crippen LogP) is 7.34. The lowest BCUT2D eigenvalue weighted by Crippen LogP contribution is -2.28. The van der Waals surface area contributed by atoms with Crippen LogP contribution in [0.2, 0.25) is 0 Å². The summed E-state index contributed by atoms with van der Waals surface area (Å²) in [7, 11) is 0. The molecule has 2 N–H and O–H groups in total. The van der Waals surface area contributed by atoms with Gasteiger partial charge in [-0.05, 0) is 66.6 Å². The summed E-state index contributed by atoms with van der Waals surface area (Å²) in [6, 6.07) is 25.8. The topological polar surface area (TPSA) is 50.4 Å². The number of carbonyl (C=O) groups excluding carboxylic acids is 1. The fourth-order valence-corrected chi connectivity index (χ4v) is 5.04. The Balaban J connectivity index is 1.54. The van der Waals surface area contributed by atoms with Crippen LogP contribution in [-0.4, -0.2) is 5.78 Å². The van der Waals surface area contributed by atoms with E-state index < -0.39 is 0 Å². The minimum absolute atomic E-state index is 0.231. The number of nitrogens with one attached hydrogen (secondary N) is 2. The van der Waals surface area contributed by atoms with E-state index in [0.717, 1.165) is 52.5 Å². The van der Waals surface area contributed by atoms with Crippen LogP contribution >= 0.6 is 0 Å². The maximum absolute atomic E-state index is 13.5. The minimum atomic E-state index is -0.233. The first-order valence-electron chi connectivity index (χ1n) is 11.8. The quantitative estimate of drug-likeness (QED) is 0.438. The Kier molecular flexibility index (Phi) is 5.91. The second kappa shape index (κ2) is 9.14. The Bertz CT molecular complexity index is 1180. The fraction of sp³-hybridized carbons (Fsp3) is 0.276. The highest BCUT2D eigenvalue weighted by Crippen LogP contribution is 2.43. The van der Waals surface area contributed by atoms with Crippen LogP contribution in [0.5, 0.6) is 11.5 Å². The molecular formula is C29H30N2O2. The number of ketones is 1. The van der Waals surface area contributed by atoms with Gasteiger partial charge in [0, 0.05) is 17.7 Å². The van der Waals surface area contributed by atoms with Crippen LogP contribution in [0, 0.1) is 11.8 Å². The van der Waals surface area contributed by atoms with Gasteiger partial charge in [-0.15, -0.1) is 0 Å². The maximum atomic E-state index is 13.5. The van der Waals surface area contributed by atoms with Gasteiger partial charge in [-0.2, -0.15) is 0 Å². The van der Waals surface area contributed by atoms with Gasteiger partial charge in [0.2, 0.25) is 0 Å². The van der Waals surface area contributed by atoms with Crippen molar-refractivity contribution in [2.45, 2.75) is 39.2 Å². The van der Waals surface area contributed by atoms with E-state index in [1.165, 1.54) is 0 Å². The Hall–Kier alpha value is -3.53. The van der Waals surface area contributed by atoms with Crippen molar-refractivity contribution in [1.82, 2.24) is 0 Å². The molecule has 0 spiro atoms. The lowest BCUT2D eigenvalue weighted by atomic mass is 9.78. The number of anilines is 2. The van der Waals surface area contributed by atoms with Gasteiger partial charge in [0.1, 0.15) is 11.5 Å². The van der Waals surface area contributed by atoms with Crippen LogP contribution in [-0.2, 0) is 4.79 Å². The molecule has 0 saturated carbocycles. The summed E-state index contributed by atoms with van der Waals surface area (Å²) >= 11 is 0. The summed E-state index contributed by atoms with van der Waals surface area (Å²) in [4.78, 5) is 13.5. The first-order chi connectivity index (χ1) is 16.1. The van der Waals surface area contributed by atoms with E-state index >= 15 is 0 Å². The first kappa shape index (κ1) is 21.3. The average molecular weight is 439 g/mol. The second-order valence-electron chi connectivity index (χ2n) is 9.45. The molecule has 33 heavy (non-hydrogen) atoms. The zero-order valence-electron chi connectivity index (χ0n) is 19.2. The molecule has 3 aromatic rings. The highest BCUT2D eigenvalue weighted by atomic mass is 16.5. The van der Waals surface area contributed by atoms with E-state index in [1.54, 1.807) is 0 Å². The first-order valence-corrected chi connectivity index (χ1v) is 11.8. The maximum Gasteiger partial charge on any atom is 0.163 e. The van der Waals surface area contributed by atoms with Crippen molar-refractivity contribution in [3.63, 3.8) is 0 Å². The number of benzene rings is 3. The van der Waals surface area contributed by atoms with Gasteiger partial charge < -0.3 is 15.4 Å². The number of allylic oxidation sites excluding steroid dienone is 1. The van der Waals surface area contributed by atoms with E-state index in [2.05, 4.69) is 42.7 Å². The van der Waals surface area contributed by atoms with Crippen molar-refractivity contribution in [2.24, 2.45) is 11.8 Å². The Labute approximate surface area is 195 Å². The van der Waals surface area contributed by atoms with Crippen molar-refractivity contribution in [2.75, 3.05) is 10.6 Å². The predicted molar refractivity (Wildman–Crippen MR) is 134 cm³/mol. The summed E-state index contributed by atoms with van der Waals surface area (Å²) in [5, 5.41) is 7.27. The van der Waals surface area contributed by atoms with Crippen molar-refractivity contribution in [1.29, 1.82) is 0 Å². The van der Waals surface area contributed by atoms with Crippen LogP contribution in [0.25, 0.3) is 0 Å². The van der Waals surface area contributed by atoms with Crippen molar-refractivity contribution in [3.05, 3.63) is 95.7 Å². The normalized spacial score (nSPS) is 19.8. The van der Waals surface area contributed by atoms with Gasteiger partial charge in [0.25, 0.3) is 0 Å². The molecule has 0 radical (unpaired) electrons. The summed E-state index contributed by atoms with van der Waals surface area (Å²) in [5.41, 5.74) is 4.93. The SMILES string of the molecule is CC(C)C[C@H]1CC(=O)C2=C(C1)Nc1ccccc1N[C@@H]2c1cccc(Oc2ccccc2)c1. The van der Waals surface area contributed by atoms with Crippen LogP contribution in [0.1, 0.15) is 44.7 Å². The molecule has 5 rings (SSSR count). The molecule has 0 bridgehead atoms. The highest BCUT2D eigenvalue weighted by molar-refractivity contribution is 6.00. The molecule has 1 aliphatic carbocycles. The molecule has 1 heterocycles. The standard InChI is InChI=1S/C29H30N2O2/c1-19(2)15-20-16-26-28(27(32)17-20)29(31-25-14-7-6-13-24(25)30-26)21-9-8-12-23(18-21)33-22-10-4-3-5-11-22/h3-14,18-20,29-31H,15-17H2,1-2H3/t20-,29-/m1/s1.